The molecular formula is C30H50O3. The molecule has 0 saturated heterocycles. The third kappa shape index (κ3) is 2.53. The Bertz CT molecular complexity index is 847. The van der Waals surface area contributed by atoms with E-state index in [4.69, 9.17) is 0 Å². The van der Waals surface area contributed by atoms with Gasteiger partial charge in [-0.2, -0.15) is 0 Å². The Morgan fingerprint density at radius 2 is 1.42 bits per heavy atom. The number of aliphatic hydroxyl groups is 2. The van der Waals surface area contributed by atoms with Crippen LogP contribution in [-0.4, -0.2) is 28.2 Å². The third-order valence-corrected chi connectivity index (χ3v) is 13.9. The van der Waals surface area contributed by atoms with Crippen LogP contribution in [0.1, 0.15) is 113 Å². The molecule has 10 atom stereocenters. The second-order valence-corrected chi connectivity index (χ2v) is 15.1. The summed E-state index contributed by atoms with van der Waals surface area (Å²) in [7, 11) is 0. The van der Waals surface area contributed by atoms with Gasteiger partial charge in [-0.15, -0.1) is 0 Å². The number of rotatable bonds is 1. The number of aliphatic hydroxyl groups excluding tert-OH is 2. The Labute approximate surface area is 202 Å². The Morgan fingerprint density at radius 1 is 0.758 bits per heavy atom. The van der Waals surface area contributed by atoms with E-state index in [2.05, 4.69) is 55.4 Å². The number of hydrogen-bond acceptors (Lipinski definition) is 3. The molecule has 5 saturated carbocycles. The summed E-state index contributed by atoms with van der Waals surface area (Å²) in [6.07, 6.45) is 7.90. The molecule has 0 aromatic rings. The van der Waals surface area contributed by atoms with Gasteiger partial charge >= 0.3 is 0 Å². The molecule has 5 rings (SSSR count). The lowest BCUT2D eigenvalue weighted by Crippen LogP contribution is -2.68. The highest BCUT2D eigenvalue weighted by atomic mass is 16.3. The van der Waals surface area contributed by atoms with Gasteiger partial charge in [-0.1, -0.05) is 55.4 Å². The molecule has 188 valence electrons. The van der Waals surface area contributed by atoms with Crippen molar-refractivity contribution in [3.8, 4) is 0 Å². The molecule has 1 spiro atoms. The van der Waals surface area contributed by atoms with Gasteiger partial charge in [0.15, 0.2) is 0 Å². The van der Waals surface area contributed by atoms with Gasteiger partial charge in [0.2, 0.25) is 0 Å². The zero-order valence-electron chi connectivity index (χ0n) is 22.6. The highest BCUT2D eigenvalue weighted by Crippen LogP contribution is 2.78. The van der Waals surface area contributed by atoms with Crippen LogP contribution >= 0.6 is 0 Å². The summed E-state index contributed by atoms with van der Waals surface area (Å²) in [4.78, 5) is 15.0. The number of ketones is 1. The minimum Gasteiger partial charge on any atom is -0.393 e. The zero-order chi connectivity index (χ0) is 24.4. The molecule has 5 aliphatic carbocycles. The smallest absolute Gasteiger partial charge is 0.148 e. The van der Waals surface area contributed by atoms with Crippen molar-refractivity contribution in [3.63, 3.8) is 0 Å². The van der Waals surface area contributed by atoms with Crippen molar-refractivity contribution >= 4 is 5.78 Å². The maximum Gasteiger partial charge on any atom is 0.148 e. The Morgan fingerprint density at radius 3 is 2.06 bits per heavy atom. The van der Waals surface area contributed by atoms with E-state index in [1.807, 2.05) is 0 Å². The van der Waals surface area contributed by atoms with Crippen molar-refractivity contribution in [3.05, 3.63) is 0 Å². The third-order valence-electron chi connectivity index (χ3n) is 13.9. The quantitative estimate of drug-likeness (QED) is 0.478. The Balaban J connectivity index is 1.57. The normalized spacial score (nSPS) is 57.8. The van der Waals surface area contributed by atoms with Crippen LogP contribution in [0, 0.1) is 56.2 Å². The van der Waals surface area contributed by atoms with E-state index in [-0.39, 0.29) is 33.7 Å². The second kappa shape index (κ2) is 6.87. The number of Topliss-reactive ketones (excluding diaryl/α,β-unsaturated/α-hetero) is 1. The highest BCUT2D eigenvalue weighted by Gasteiger charge is 2.77. The fourth-order valence-electron chi connectivity index (χ4n) is 11.6. The van der Waals surface area contributed by atoms with Gasteiger partial charge in [-0.25, -0.2) is 0 Å². The first-order chi connectivity index (χ1) is 15.1. The molecule has 5 fully saturated rings. The van der Waals surface area contributed by atoms with Crippen LogP contribution in [-0.2, 0) is 4.79 Å². The lowest BCUT2D eigenvalue weighted by molar-refractivity contribution is -0.207. The van der Waals surface area contributed by atoms with Crippen LogP contribution in [0.25, 0.3) is 0 Å². The van der Waals surface area contributed by atoms with Gasteiger partial charge in [0.05, 0.1) is 17.6 Å². The van der Waals surface area contributed by atoms with Crippen LogP contribution in [0.3, 0.4) is 0 Å². The summed E-state index contributed by atoms with van der Waals surface area (Å²) in [5.74, 6) is 2.64. The lowest BCUT2D eigenvalue weighted by atomic mass is 9.35. The van der Waals surface area contributed by atoms with E-state index in [1.165, 1.54) is 12.8 Å². The first-order valence-corrected chi connectivity index (χ1v) is 14.0. The highest BCUT2D eigenvalue weighted by molar-refractivity contribution is 5.94. The standard InChI is InChI=1S/C30H50O3/c1-18(2)19-9-10-20-26(19,5)13-14-29(8)24(33)30(16-15-27(20,29)6)23(32)17-21-25(3,4)22(31)11-12-28(21,30)7/h18-23,31-32H,9-17H2,1-8H3/t19-,20-,21+,22+,23+,26-,27+,28+,29-,30-/m1/s1. The summed E-state index contributed by atoms with van der Waals surface area (Å²) >= 11 is 0. The van der Waals surface area contributed by atoms with E-state index in [1.54, 1.807) is 0 Å². The molecule has 0 aliphatic heterocycles. The molecule has 0 unspecified atom stereocenters. The average molecular weight is 459 g/mol. The van der Waals surface area contributed by atoms with E-state index in [0.29, 0.717) is 29.5 Å². The second-order valence-electron chi connectivity index (χ2n) is 15.1. The topological polar surface area (TPSA) is 57.5 Å². The molecule has 0 aromatic heterocycles. The summed E-state index contributed by atoms with van der Waals surface area (Å²) in [6.45, 7) is 18.7. The van der Waals surface area contributed by atoms with Crippen molar-refractivity contribution in [2.75, 3.05) is 0 Å². The SMILES string of the molecule is CC(C)[C@H]1CC[C@@H]2[C@]1(C)CC[C@]1(C)C(=O)[C@@]3(CC[C@@]21C)[C@@H](O)C[C@H]1C(C)(C)[C@@H](O)CC[C@@]13C. The molecule has 2 N–H and O–H groups in total. The molecule has 0 bridgehead atoms. The Hall–Kier alpha value is -0.410. The predicted molar refractivity (Wildman–Crippen MR) is 133 cm³/mol. The monoisotopic (exact) mass is 458 g/mol. The van der Waals surface area contributed by atoms with Crippen LogP contribution in [0.4, 0.5) is 0 Å². The van der Waals surface area contributed by atoms with E-state index >= 15 is 0 Å². The number of carbonyl (C=O) groups is 1. The predicted octanol–water partition coefficient (Wildman–Crippen LogP) is 6.40. The maximum absolute atomic E-state index is 15.0. The summed E-state index contributed by atoms with van der Waals surface area (Å²) in [5, 5.41) is 22.6. The molecule has 0 radical (unpaired) electrons. The van der Waals surface area contributed by atoms with Gasteiger partial charge in [0.1, 0.15) is 5.78 Å². The molecule has 0 aromatic carbocycles. The molecule has 3 nitrogen and oxygen atoms in total. The van der Waals surface area contributed by atoms with Gasteiger partial charge in [0.25, 0.3) is 0 Å². The van der Waals surface area contributed by atoms with Crippen molar-refractivity contribution in [1.82, 2.24) is 0 Å². The fourth-order valence-corrected chi connectivity index (χ4v) is 11.6. The summed E-state index contributed by atoms with van der Waals surface area (Å²) in [6, 6.07) is 0. The van der Waals surface area contributed by atoms with Crippen molar-refractivity contribution < 1.29 is 15.0 Å². The number of hydrogen-bond donors (Lipinski definition) is 2. The largest absolute Gasteiger partial charge is 0.393 e. The van der Waals surface area contributed by atoms with E-state index in [0.717, 1.165) is 44.4 Å². The molecule has 5 aliphatic rings. The maximum atomic E-state index is 15.0. The Kier molecular flexibility index (Phi) is 5.06. The zero-order valence-corrected chi connectivity index (χ0v) is 22.6. The van der Waals surface area contributed by atoms with E-state index in [9.17, 15) is 15.0 Å². The molecule has 3 heteroatoms. The minimum absolute atomic E-state index is 0.0177. The molecular weight excluding hydrogens is 408 g/mol. The first kappa shape index (κ1) is 24.3. The van der Waals surface area contributed by atoms with Crippen molar-refractivity contribution in [2.45, 2.75) is 125 Å². The molecule has 0 heterocycles. The number of carbonyl (C=O) groups excluding carboxylic acids is 1. The van der Waals surface area contributed by atoms with Crippen LogP contribution in [0.15, 0.2) is 0 Å². The van der Waals surface area contributed by atoms with Crippen molar-refractivity contribution in [2.24, 2.45) is 56.2 Å². The molecule has 33 heavy (non-hydrogen) atoms. The van der Waals surface area contributed by atoms with Crippen LogP contribution in [0.5, 0.6) is 0 Å². The van der Waals surface area contributed by atoms with Crippen LogP contribution < -0.4 is 0 Å². The minimum atomic E-state index is -0.646. The summed E-state index contributed by atoms with van der Waals surface area (Å²) < 4.78 is 0. The van der Waals surface area contributed by atoms with Gasteiger partial charge < -0.3 is 10.2 Å². The van der Waals surface area contributed by atoms with Crippen molar-refractivity contribution in [1.29, 1.82) is 0 Å². The van der Waals surface area contributed by atoms with E-state index < -0.39 is 11.5 Å². The molecule has 0 amide bonds. The summed E-state index contributed by atoms with van der Waals surface area (Å²) in [5.41, 5.74) is -1.14. The van der Waals surface area contributed by atoms with Gasteiger partial charge in [-0.3, -0.25) is 4.79 Å². The van der Waals surface area contributed by atoms with Gasteiger partial charge in [0, 0.05) is 5.41 Å². The van der Waals surface area contributed by atoms with Crippen LogP contribution in [0.2, 0.25) is 0 Å². The lowest BCUT2D eigenvalue weighted by Gasteiger charge is -2.67. The fraction of sp³-hybridized carbons (Fsp3) is 0.967. The first-order valence-electron chi connectivity index (χ1n) is 14.0. The van der Waals surface area contributed by atoms with Gasteiger partial charge in [-0.05, 0) is 103 Å². The number of fused-ring (bicyclic) bond motifs is 5. The average Bonchev–Trinajstić information content (AvgIpc) is 3.20.